The molecular formula is C22H24N4O2. The Hall–Kier alpha value is -3.15. The van der Waals surface area contributed by atoms with Gasteiger partial charge in [-0.05, 0) is 43.4 Å². The van der Waals surface area contributed by atoms with E-state index in [1.165, 1.54) is 5.56 Å². The van der Waals surface area contributed by atoms with Crippen molar-refractivity contribution in [3.05, 3.63) is 66.1 Å². The van der Waals surface area contributed by atoms with Gasteiger partial charge in [-0.25, -0.2) is 4.79 Å². The maximum Gasteiger partial charge on any atom is 0.322 e. The van der Waals surface area contributed by atoms with Gasteiger partial charge in [0.25, 0.3) is 0 Å². The standard InChI is InChI=1S/C22H24N4O2/c1-2-16-11-13-18(14-12-16)23-22(27)26-15-7-6-10-19(26)21-24-20(25-28-21)17-8-4-3-5-9-17/h3-5,8-9,11-14,19H,2,6-7,10,15H2,1H3,(H,23,27)/t19-/m1/s1. The number of amides is 2. The van der Waals surface area contributed by atoms with Gasteiger partial charge in [0.05, 0.1) is 0 Å². The summed E-state index contributed by atoms with van der Waals surface area (Å²) in [6, 6.07) is 17.3. The molecule has 6 nitrogen and oxygen atoms in total. The minimum Gasteiger partial charge on any atom is -0.337 e. The molecule has 1 aromatic heterocycles. The lowest BCUT2D eigenvalue weighted by Gasteiger charge is -2.33. The maximum absolute atomic E-state index is 12.9. The van der Waals surface area contributed by atoms with Crippen molar-refractivity contribution in [3.8, 4) is 11.4 Å². The molecular weight excluding hydrogens is 352 g/mol. The Kier molecular flexibility index (Phi) is 5.37. The predicted molar refractivity (Wildman–Crippen MR) is 108 cm³/mol. The molecule has 1 atom stereocenters. The quantitative estimate of drug-likeness (QED) is 0.691. The van der Waals surface area contributed by atoms with Gasteiger partial charge < -0.3 is 14.7 Å². The highest BCUT2D eigenvalue weighted by Gasteiger charge is 2.32. The molecule has 0 spiro atoms. The second-order valence-electron chi connectivity index (χ2n) is 7.01. The highest BCUT2D eigenvalue weighted by Crippen LogP contribution is 2.31. The zero-order valence-electron chi connectivity index (χ0n) is 16.0. The number of anilines is 1. The smallest absolute Gasteiger partial charge is 0.322 e. The fourth-order valence-electron chi connectivity index (χ4n) is 3.53. The molecule has 0 radical (unpaired) electrons. The minimum atomic E-state index is -0.200. The molecule has 6 heteroatoms. The first-order chi connectivity index (χ1) is 13.7. The van der Waals surface area contributed by atoms with Crippen LogP contribution in [0.4, 0.5) is 10.5 Å². The van der Waals surface area contributed by atoms with Crippen molar-refractivity contribution in [2.75, 3.05) is 11.9 Å². The van der Waals surface area contributed by atoms with Crippen LogP contribution >= 0.6 is 0 Å². The lowest BCUT2D eigenvalue weighted by molar-refractivity contribution is 0.142. The van der Waals surface area contributed by atoms with Gasteiger partial charge in [-0.15, -0.1) is 0 Å². The number of nitrogens with one attached hydrogen (secondary N) is 1. The van der Waals surface area contributed by atoms with Crippen LogP contribution in [-0.4, -0.2) is 27.6 Å². The molecule has 28 heavy (non-hydrogen) atoms. The molecule has 1 saturated heterocycles. The molecule has 0 saturated carbocycles. The monoisotopic (exact) mass is 376 g/mol. The first-order valence-electron chi connectivity index (χ1n) is 9.80. The molecule has 3 aromatic rings. The normalized spacial score (nSPS) is 16.8. The number of carbonyl (C=O) groups excluding carboxylic acids is 1. The lowest BCUT2D eigenvalue weighted by atomic mass is 10.0. The van der Waals surface area contributed by atoms with E-state index in [-0.39, 0.29) is 12.1 Å². The van der Waals surface area contributed by atoms with Crippen LogP contribution in [0.25, 0.3) is 11.4 Å². The SMILES string of the molecule is CCc1ccc(NC(=O)N2CCCC[C@@H]2c2nc(-c3ccccc3)no2)cc1. The van der Waals surface area contributed by atoms with E-state index in [9.17, 15) is 4.79 Å². The number of benzene rings is 2. The molecule has 2 heterocycles. The number of urea groups is 1. The van der Waals surface area contributed by atoms with E-state index in [1.807, 2.05) is 54.6 Å². The van der Waals surface area contributed by atoms with E-state index in [1.54, 1.807) is 4.90 Å². The van der Waals surface area contributed by atoms with Crippen molar-refractivity contribution in [1.82, 2.24) is 15.0 Å². The predicted octanol–water partition coefficient (Wildman–Crippen LogP) is 5.06. The molecule has 1 N–H and O–H groups in total. The summed E-state index contributed by atoms with van der Waals surface area (Å²) >= 11 is 0. The Morgan fingerprint density at radius 1 is 1.14 bits per heavy atom. The molecule has 4 rings (SSSR count). The number of aromatic nitrogens is 2. The van der Waals surface area contributed by atoms with Gasteiger partial charge in [0.15, 0.2) is 0 Å². The van der Waals surface area contributed by atoms with E-state index >= 15 is 0 Å². The van der Waals surface area contributed by atoms with Crippen LogP contribution in [0.2, 0.25) is 0 Å². The third-order valence-electron chi connectivity index (χ3n) is 5.14. The largest absolute Gasteiger partial charge is 0.337 e. The van der Waals surface area contributed by atoms with E-state index in [4.69, 9.17) is 4.52 Å². The summed E-state index contributed by atoms with van der Waals surface area (Å²) in [5.74, 6) is 1.05. The van der Waals surface area contributed by atoms with Crippen LogP contribution in [0.15, 0.2) is 59.1 Å². The Bertz CT molecular complexity index is 921. The van der Waals surface area contributed by atoms with Crippen molar-refractivity contribution in [2.24, 2.45) is 0 Å². The van der Waals surface area contributed by atoms with E-state index in [0.717, 1.165) is 36.9 Å². The van der Waals surface area contributed by atoms with Crippen LogP contribution < -0.4 is 5.32 Å². The number of hydrogen-bond acceptors (Lipinski definition) is 4. The Morgan fingerprint density at radius 3 is 2.68 bits per heavy atom. The zero-order valence-corrected chi connectivity index (χ0v) is 16.0. The molecule has 144 valence electrons. The average Bonchev–Trinajstić information content (AvgIpc) is 3.25. The van der Waals surface area contributed by atoms with Gasteiger partial charge in [0.1, 0.15) is 6.04 Å². The molecule has 1 aliphatic rings. The summed E-state index contributed by atoms with van der Waals surface area (Å²) in [6.07, 6.45) is 3.79. The Morgan fingerprint density at radius 2 is 1.93 bits per heavy atom. The van der Waals surface area contributed by atoms with Gasteiger partial charge in [-0.1, -0.05) is 54.5 Å². The Labute approximate surface area is 164 Å². The number of rotatable bonds is 4. The first-order valence-corrected chi connectivity index (χ1v) is 9.80. The number of carbonyl (C=O) groups is 1. The summed E-state index contributed by atoms with van der Waals surface area (Å²) in [5.41, 5.74) is 2.94. The first kappa shape index (κ1) is 18.2. The van der Waals surface area contributed by atoms with Crippen LogP contribution in [0.1, 0.15) is 43.7 Å². The summed E-state index contributed by atoms with van der Waals surface area (Å²) in [7, 11) is 0. The molecule has 2 aromatic carbocycles. The van der Waals surface area contributed by atoms with Crippen LogP contribution in [-0.2, 0) is 6.42 Å². The van der Waals surface area contributed by atoms with Gasteiger partial charge in [-0.3, -0.25) is 0 Å². The summed E-state index contributed by atoms with van der Waals surface area (Å²) < 4.78 is 5.54. The zero-order chi connectivity index (χ0) is 19.3. The maximum atomic E-state index is 12.9. The van der Waals surface area contributed by atoms with Gasteiger partial charge in [-0.2, -0.15) is 4.98 Å². The molecule has 0 aliphatic carbocycles. The van der Waals surface area contributed by atoms with E-state index in [0.29, 0.717) is 18.3 Å². The fourth-order valence-corrected chi connectivity index (χ4v) is 3.53. The van der Waals surface area contributed by atoms with Crippen LogP contribution in [0, 0.1) is 0 Å². The molecule has 1 fully saturated rings. The van der Waals surface area contributed by atoms with Crippen LogP contribution in [0.3, 0.4) is 0 Å². The van der Waals surface area contributed by atoms with Crippen molar-refractivity contribution >= 4 is 11.7 Å². The lowest BCUT2D eigenvalue weighted by Crippen LogP contribution is -2.41. The molecule has 1 aliphatic heterocycles. The van der Waals surface area contributed by atoms with E-state index < -0.39 is 0 Å². The van der Waals surface area contributed by atoms with E-state index in [2.05, 4.69) is 22.4 Å². The molecule has 2 amide bonds. The number of hydrogen-bond donors (Lipinski definition) is 1. The van der Waals surface area contributed by atoms with Crippen LogP contribution in [0.5, 0.6) is 0 Å². The summed E-state index contributed by atoms with van der Waals surface area (Å²) in [4.78, 5) is 19.3. The minimum absolute atomic E-state index is 0.131. The van der Waals surface area contributed by atoms with Crippen molar-refractivity contribution in [2.45, 2.75) is 38.6 Å². The number of likely N-dealkylation sites (tertiary alicyclic amines) is 1. The Balaban J connectivity index is 1.51. The molecule has 0 bridgehead atoms. The van der Waals surface area contributed by atoms with Crippen molar-refractivity contribution in [1.29, 1.82) is 0 Å². The molecule has 0 unspecified atom stereocenters. The van der Waals surface area contributed by atoms with Gasteiger partial charge >= 0.3 is 6.03 Å². The third-order valence-corrected chi connectivity index (χ3v) is 5.14. The number of aryl methyl sites for hydroxylation is 1. The van der Waals surface area contributed by atoms with Crippen molar-refractivity contribution < 1.29 is 9.32 Å². The number of piperidine rings is 1. The van der Waals surface area contributed by atoms with Gasteiger partial charge in [0, 0.05) is 17.8 Å². The topological polar surface area (TPSA) is 71.3 Å². The second kappa shape index (κ2) is 8.25. The van der Waals surface area contributed by atoms with Gasteiger partial charge in [0.2, 0.25) is 11.7 Å². The highest BCUT2D eigenvalue weighted by molar-refractivity contribution is 5.89. The van der Waals surface area contributed by atoms with Crippen molar-refractivity contribution in [3.63, 3.8) is 0 Å². The average molecular weight is 376 g/mol. The summed E-state index contributed by atoms with van der Waals surface area (Å²) in [6.45, 7) is 2.78. The number of nitrogens with zero attached hydrogens (tertiary/aromatic N) is 3. The second-order valence-corrected chi connectivity index (χ2v) is 7.01. The highest BCUT2D eigenvalue weighted by atomic mass is 16.5. The summed E-state index contributed by atoms with van der Waals surface area (Å²) in [5, 5.41) is 7.11. The third kappa shape index (κ3) is 3.91. The fraction of sp³-hybridized carbons (Fsp3) is 0.318.